The first kappa shape index (κ1) is 15.8. The number of nitrogens with two attached hydrogens (primary N) is 1. The van der Waals surface area contributed by atoms with Crippen molar-refractivity contribution in [2.75, 3.05) is 0 Å². The second-order valence-corrected chi connectivity index (χ2v) is 6.44. The van der Waals surface area contributed by atoms with E-state index in [2.05, 4.69) is 25.8 Å². The molecule has 0 bridgehead atoms. The summed E-state index contributed by atoms with van der Waals surface area (Å²) in [6.07, 6.45) is 0. The normalized spacial score (nSPS) is 11.5. The minimum Gasteiger partial charge on any atom is -0.473 e. The molecule has 1 aromatic heterocycles. The number of pyridine rings is 1. The molecule has 0 radical (unpaired) electrons. The monoisotopic (exact) mass is 304 g/mol. The van der Waals surface area contributed by atoms with E-state index in [1.165, 1.54) is 0 Å². The van der Waals surface area contributed by atoms with Crippen molar-refractivity contribution in [3.05, 3.63) is 58.2 Å². The summed E-state index contributed by atoms with van der Waals surface area (Å²) >= 11 is 6.13. The van der Waals surface area contributed by atoms with Crippen LogP contribution >= 0.6 is 11.6 Å². The van der Waals surface area contributed by atoms with Gasteiger partial charge in [0.1, 0.15) is 6.61 Å². The van der Waals surface area contributed by atoms with Gasteiger partial charge in [0.15, 0.2) is 0 Å². The molecule has 0 amide bonds. The molecule has 1 heterocycles. The fraction of sp³-hybridized carbons (Fsp3) is 0.353. The van der Waals surface area contributed by atoms with Crippen molar-refractivity contribution in [3.63, 3.8) is 0 Å². The summed E-state index contributed by atoms with van der Waals surface area (Å²) in [5.74, 6) is 0.586. The molecule has 0 atom stereocenters. The van der Waals surface area contributed by atoms with E-state index < -0.39 is 0 Å². The van der Waals surface area contributed by atoms with Crippen LogP contribution in [-0.4, -0.2) is 4.98 Å². The van der Waals surface area contributed by atoms with Crippen LogP contribution in [0.4, 0.5) is 0 Å². The molecule has 4 heteroatoms. The van der Waals surface area contributed by atoms with E-state index in [-0.39, 0.29) is 5.41 Å². The van der Waals surface area contributed by atoms with E-state index in [1.807, 2.05) is 36.4 Å². The SMILES string of the molecule is CC(C)(C)c1cc(CN)cc(OCc2ccccc2Cl)n1. The lowest BCUT2D eigenvalue weighted by molar-refractivity contribution is 0.291. The molecule has 1 aromatic carbocycles. The summed E-state index contributed by atoms with van der Waals surface area (Å²) in [6, 6.07) is 11.5. The summed E-state index contributed by atoms with van der Waals surface area (Å²) in [6.45, 7) is 7.22. The highest BCUT2D eigenvalue weighted by Gasteiger charge is 2.17. The van der Waals surface area contributed by atoms with E-state index in [0.29, 0.717) is 24.1 Å². The highest BCUT2D eigenvalue weighted by Crippen LogP contribution is 2.25. The fourth-order valence-electron chi connectivity index (χ4n) is 1.90. The Morgan fingerprint density at radius 1 is 1.19 bits per heavy atom. The molecular weight excluding hydrogens is 284 g/mol. The third kappa shape index (κ3) is 4.19. The number of nitrogens with zero attached hydrogens (tertiary/aromatic N) is 1. The minimum absolute atomic E-state index is 0.0479. The Labute approximate surface area is 131 Å². The molecule has 2 aromatic rings. The molecule has 0 saturated heterocycles. The second kappa shape index (κ2) is 6.46. The number of hydrogen-bond donors (Lipinski definition) is 1. The lowest BCUT2D eigenvalue weighted by atomic mass is 9.91. The van der Waals surface area contributed by atoms with Crippen LogP contribution in [0, 0.1) is 0 Å². The molecule has 2 N–H and O–H groups in total. The molecule has 2 rings (SSSR count). The summed E-state index contributed by atoms with van der Waals surface area (Å²) in [5, 5.41) is 0.698. The number of rotatable bonds is 4. The van der Waals surface area contributed by atoms with Crippen molar-refractivity contribution in [1.82, 2.24) is 4.98 Å². The van der Waals surface area contributed by atoms with Crippen LogP contribution in [0.5, 0.6) is 5.88 Å². The maximum atomic E-state index is 6.13. The second-order valence-electron chi connectivity index (χ2n) is 6.03. The highest BCUT2D eigenvalue weighted by atomic mass is 35.5. The fourth-order valence-corrected chi connectivity index (χ4v) is 2.09. The summed E-state index contributed by atoms with van der Waals surface area (Å²) < 4.78 is 5.80. The van der Waals surface area contributed by atoms with Crippen LogP contribution in [-0.2, 0) is 18.6 Å². The van der Waals surface area contributed by atoms with Gasteiger partial charge in [0.25, 0.3) is 0 Å². The van der Waals surface area contributed by atoms with Crippen LogP contribution in [0.15, 0.2) is 36.4 Å². The van der Waals surface area contributed by atoms with Gasteiger partial charge >= 0.3 is 0 Å². The van der Waals surface area contributed by atoms with Gasteiger partial charge in [0.05, 0.1) is 5.69 Å². The molecule has 3 nitrogen and oxygen atoms in total. The number of ether oxygens (including phenoxy) is 1. The topological polar surface area (TPSA) is 48.1 Å². The molecule has 0 spiro atoms. The molecular formula is C17H21ClN2O. The molecule has 0 fully saturated rings. The Morgan fingerprint density at radius 3 is 2.52 bits per heavy atom. The molecule has 112 valence electrons. The van der Waals surface area contributed by atoms with Gasteiger partial charge in [-0.2, -0.15) is 0 Å². The quantitative estimate of drug-likeness (QED) is 0.926. The summed E-state index contributed by atoms with van der Waals surface area (Å²) in [5.41, 5.74) is 8.64. The standard InChI is InChI=1S/C17H21ClN2O/c1-17(2,3)15-8-12(10-19)9-16(20-15)21-11-13-6-4-5-7-14(13)18/h4-9H,10-11,19H2,1-3H3. The Hall–Kier alpha value is -1.58. The lowest BCUT2D eigenvalue weighted by Gasteiger charge is -2.19. The summed E-state index contributed by atoms with van der Waals surface area (Å²) in [4.78, 5) is 4.58. The Balaban J connectivity index is 2.22. The van der Waals surface area contributed by atoms with E-state index >= 15 is 0 Å². The van der Waals surface area contributed by atoms with Gasteiger partial charge < -0.3 is 10.5 Å². The molecule has 0 aliphatic carbocycles. The van der Waals surface area contributed by atoms with Crippen LogP contribution < -0.4 is 10.5 Å². The van der Waals surface area contributed by atoms with E-state index in [1.54, 1.807) is 0 Å². The number of aromatic nitrogens is 1. The molecule has 0 aliphatic rings. The third-order valence-electron chi connectivity index (χ3n) is 3.20. The molecule has 21 heavy (non-hydrogen) atoms. The van der Waals surface area contributed by atoms with E-state index in [9.17, 15) is 0 Å². The van der Waals surface area contributed by atoms with Gasteiger partial charge in [0, 0.05) is 28.6 Å². The van der Waals surface area contributed by atoms with E-state index in [4.69, 9.17) is 22.1 Å². The van der Waals surface area contributed by atoms with Crippen molar-refractivity contribution in [1.29, 1.82) is 0 Å². The zero-order valence-electron chi connectivity index (χ0n) is 12.7. The van der Waals surface area contributed by atoms with Crippen molar-refractivity contribution < 1.29 is 4.74 Å². The van der Waals surface area contributed by atoms with Crippen LogP contribution in [0.1, 0.15) is 37.6 Å². The van der Waals surface area contributed by atoms with Crippen molar-refractivity contribution in [2.24, 2.45) is 5.73 Å². The minimum atomic E-state index is -0.0479. The van der Waals surface area contributed by atoms with Gasteiger partial charge in [0.2, 0.25) is 5.88 Å². The molecule has 0 aliphatic heterocycles. The molecule has 0 saturated carbocycles. The highest BCUT2D eigenvalue weighted by molar-refractivity contribution is 6.31. The average Bonchev–Trinajstić information content (AvgIpc) is 2.45. The van der Waals surface area contributed by atoms with Gasteiger partial charge in [-0.05, 0) is 17.7 Å². The first-order chi connectivity index (χ1) is 9.90. The van der Waals surface area contributed by atoms with Gasteiger partial charge in [-0.1, -0.05) is 50.6 Å². The third-order valence-corrected chi connectivity index (χ3v) is 3.57. The Kier molecular flexibility index (Phi) is 4.86. The maximum absolute atomic E-state index is 6.13. The predicted molar refractivity (Wildman–Crippen MR) is 86.6 cm³/mol. The first-order valence-corrected chi connectivity index (χ1v) is 7.35. The van der Waals surface area contributed by atoms with Crippen molar-refractivity contribution in [2.45, 2.75) is 39.3 Å². The zero-order chi connectivity index (χ0) is 15.5. The van der Waals surface area contributed by atoms with Gasteiger partial charge in [-0.3, -0.25) is 0 Å². The first-order valence-electron chi connectivity index (χ1n) is 6.98. The van der Waals surface area contributed by atoms with Crippen molar-refractivity contribution >= 4 is 11.6 Å². The number of halogens is 1. The van der Waals surface area contributed by atoms with Crippen molar-refractivity contribution in [3.8, 4) is 5.88 Å². The number of benzene rings is 1. The predicted octanol–water partition coefficient (Wildman–Crippen LogP) is 4.07. The lowest BCUT2D eigenvalue weighted by Crippen LogP contribution is -2.15. The average molecular weight is 305 g/mol. The largest absolute Gasteiger partial charge is 0.473 e. The van der Waals surface area contributed by atoms with Gasteiger partial charge in [-0.15, -0.1) is 0 Å². The van der Waals surface area contributed by atoms with Gasteiger partial charge in [-0.25, -0.2) is 4.98 Å². The zero-order valence-corrected chi connectivity index (χ0v) is 13.4. The van der Waals surface area contributed by atoms with Crippen LogP contribution in [0.3, 0.4) is 0 Å². The number of hydrogen-bond acceptors (Lipinski definition) is 3. The van der Waals surface area contributed by atoms with Crippen LogP contribution in [0.25, 0.3) is 0 Å². The Morgan fingerprint density at radius 2 is 1.90 bits per heavy atom. The molecule has 0 unspecified atom stereocenters. The summed E-state index contributed by atoms with van der Waals surface area (Å²) in [7, 11) is 0. The van der Waals surface area contributed by atoms with E-state index in [0.717, 1.165) is 16.8 Å². The van der Waals surface area contributed by atoms with Crippen LogP contribution in [0.2, 0.25) is 5.02 Å². The Bertz CT molecular complexity index is 620. The smallest absolute Gasteiger partial charge is 0.214 e. The maximum Gasteiger partial charge on any atom is 0.214 e.